The lowest BCUT2D eigenvalue weighted by atomic mass is 10.4. The molecule has 6 heteroatoms. The van der Waals surface area contributed by atoms with Gasteiger partial charge >= 0.3 is 0 Å². The minimum atomic E-state index is -0.733. The highest BCUT2D eigenvalue weighted by Gasteiger charge is 2.22. The van der Waals surface area contributed by atoms with E-state index in [0.29, 0.717) is 6.61 Å². The van der Waals surface area contributed by atoms with Crippen molar-refractivity contribution >= 4 is 0 Å². The monoisotopic (exact) mass is 208 g/mol. The van der Waals surface area contributed by atoms with Gasteiger partial charge in [0.15, 0.2) is 0 Å². The van der Waals surface area contributed by atoms with Gasteiger partial charge in [-0.2, -0.15) is 0 Å². The van der Waals surface area contributed by atoms with Crippen LogP contribution in [0.15, 0.2) is 0 Å². The van der Waals surface area contributed by atoms with E-state index in [0.717, 1.165) is 6.61 Å². The summed E-state index contributed by atoms with van der Waals surface area (Å²) in [6, 6.07) is 0. The first-order chi connectivity index (χ1) is 6.83. The molecule has 0 bridgehead atoms. The molecule has 1 aliphatic rings. The van der Waals surface area contributed by atoms with Crippen LogP contribution in [-0.4, -0.2) is 62.4 Å². The number of aliphatic hydroxyl groups is 2. The van der Waals surface area contributed by atoms with Crippen molar-refractivity contribution in [2.45, 2.75) is 12.2 Å². The normalized spacial score (nSPS) is 22.3. The van der Waals surface area contributed by atoms with Gasteiger partial charge in [-0.3, -0.25) is 0 Å². The standard InChI is InChI=1S/C8H16O6/c9-5-11-1-7(10)2-12-6-13-3-8-4-14-8/h7-10H,1-6H2. The van der Waals surface area contributed by atoms with Crippen molar-refractivity contribution in [2.75, 3.05) is 40.0 Å². The minimum Gasteiger partial charge on any atom is -0.388 e. The van der Waals surface area contributed by atoms with Crippen LogP contribution in [0.25, 0.3) is 0 Å². The molecule has 0 radical (unpaired) electrons. The molecule has 2 unspecified atom stereocenters. The van der Waals surface area contributed by atoms with Crippen LogP contribution in [0.2, 0.25) is 0 Å². The molecule has 14 heavy (non-hydrogen) atoms. The zero-order valence-corrected chi connectivity index (χ0v) is 7.92. The van der Waals surface area contributed by atoms with Crippen molar-refractivity contribution in [1.82, 2.24) is 0 Å². The highest BCUT2D eigenvalue weighted by atomic mass is 16.7. The molecule has 1 rings (SSSR count). The van der Waals surface area contributed by atoms with E-state index in [1.807, 2.05) is 0 Å². The summed E-state index contributed by atoms with van der Waals surface area (Å²) in [5.74, 6) is 0. The molecular formula is C8H16O6. The second-order valence-electron chi connectivity index (χ2n) is 2.97. The fourth-order valence-electron chi connectivity index (χ4n) is 0.824. The second-order valence-corrected chi connectivity index (χ2v) is 2.97. The van der Waals surface area contributed by atoms with Gasteiger partial charge in [0.25, 0.3) is 0 Å². The van der Waals surface area contributed by atoms with Crippen molar-refractivity contribution in [2.24, 2.45) is 0 Å². The summed E-state index contributed by atoms with van der Waals surface area (Å²) in [7, 11) is 0. The zero-order valence-electron chi connectivity index (χ0n) is 7.92. The van der Waals surface area contributed by atoms with Gasteiger partial charge < -0.3 is 29.2 Å². The van der Waals surface area contributed by atoms with Crippen LogP contribution in [0, 0.1) is 0 Å². The quantitative estimate of drug-likeness (QED) is 0.278. The smallest absolute Gasteiger partial charge is 0.146 e. The molecule has 0 saturated carbocycles. The second kappa shape index (κ2) is 7.10. The van der Waals surface area contributed by atoms with Crippen LogP contribution in [0.1, 0.15) is 0 Å². The summed E-state index contributed by atoms with van der Waals surface area (Å²) < 4.78 is 19.5. The first kappa shape index (κ1) is 11.8. The van der Waals surface area contributed by atoms with Gasteiger partial charge in [-0.15, -0.1) is 0 Å². The predicted octanol–water partition coefficient (Wildman–Crippen LogP) is -1.30. The molecule has 0 aromatic heterocycles. The lowest BCUT2D eigenvalue weighted by molar-refractivity contribution is -0.105. The van der Waals surface area contributed by atoms with E-state index in [4.69, 9.17) is 24.4 Å². The van der Waals surface area contributed by atoms with Crippen molar-refractivity contribution in [3.8, 4) is 0 Å². The maximum atomic E-state index is 9.16. The molecule has 84 valence electrons. The maximum Gasteiger partial charge on any atom is 0.146 e. The van der Waals surface area contributed by atoms with Crippen LogP contribution in [0.4, 0.5) is 0 Å². The third-order valence-corrected chi connectivity index (χ3v) is 1.58. The summed E-state index contributed by atoms with van der Waals surface area (Å²) >= 11 is 0. The molecule has 1 heterocycles. The van der Waals surface area contributed by atoms with Gasteiger partial charge in [0.05, 0.1) is 26.4 Å². The van der Waals surface area contributed by atoms with E-state index < -0.39 is 12.9 Å². The number of ether oxygens (including phenoxy) is 4. The average molecular weight is 208 g/mol. The first-order valence-corrected chi connectivity index (χ1v) is 4.46. The molecule has 0 aromatic rings. The maximum absolute atomic E-state index is 9.16. The average Bonchev–Trinajstić information content (AvgIpc) is 2.98. The third-order valence-electron chi connectivity index (χ3n) is 1.58. The van der Waals surface area contributed by atoms with Crippen LogP contribution < -0.4 is 0 Å². The number of hydrogen-bond donors (Lipinski definition) is 2. The van der Waals surface area contributed by atoms with Gasteiger partial charge in [0.2, 0.25) is 0 Å². The molecule has 2 atom stereocenters. The van der Waals surface area contributed by atoms with Crippen molar-refractivity contribution in [1.29, 1.82) is 0 Å². The summed E-state index contributed by atoms with van der Waals surface area (Å²) in [6.07, 6.45) is -0.510. The SMILES string of the molecule is OCOCC(O)COCOCC1CO1. The van der Waals surface area contributed by atoms with E-state index in [9.17, 15) is 0 Å². The molecule has 6 nitrogen and oxygen atoms in total. The van der Waals surface area contributed by atoms with Gasteiger partial charge in [-0.1, -0.05) is 0 Å². The van der Waals surface area contributed by atoms with Gasteiger partial charge in [-0.05, 0) is 0 Å². The Labute approximate surface area is 82.3 Å². The fourth-order valence-corrected chi connectivity index (χ4v) is 0.824. The molecule has 1 fully saturated rings. The molecule has 0 aliphatic carbocycles. The summed E-state index contributed by atoms with van der Waals surface area (Å²) in [6.45, 7) is 1.21. The Kier molecular flexibility index (Phi) is 6.00. The lowest BCUT2D eigenvalue weighted by Gasteiger charge is -2.10. The predicted molar refractivity (Wildman–Crippen MR) is 45.6 cm³/mol. The Morgan fingerprint density at radius 2 is 2.00 bits per heavy atom. The van der Waals surface area contributed by atoms with Crippen molar-refractivity contribution in [3.63, 3.8) is 0 Å². The Morgan fingerprint density at radius 3 is 2.64 bits per heavy atom. The topological polar surface area (TPSA) is 80.7 Å². The van der Waals surface area contributed by atoms with Gasteiger partial charge in [0.1, 0.15) is 25.8 Å². The van der Waals surface area contributed by atoms with E-state index in [1.165, 1.54) is 0 Å². The minimum absolute atomic E-state index is 0.0578. The molecule has 1 aliphatic heterocycles. The lowest BCUT2D eigenvalue weighted by Crippen LogP contribution is -2.23. The van der Waals surface area contributed by atoms with E-state index in [-0.39, 0.29) is 26.1 Å². The zero-order chi connectivity index (χ0) is 10.2. The number of hydrogen-bond acceptors (Lipinski definition) is 6. The Hall–Kier alpha value is -0.240. The van der Waals surface area contributed by atoms with Crippen LogP contribution >= 0.6 is 0 Å². The third kappa shape index (κ3) is 6.25. The highest BCUT2D eigenvalue weighted by molar-refractivity contribution is 4.66. The van der Waals surface area contributed by atoms with Gasteiger partial charge in [0, 0.05) is 0 Å². The molecule has 0 amide bonds. The molecular weight excluding hydrogens is 192 g/mol. The van der Waals surface area contributed by atoms with E-state index >= 15 is 0 Å². The molecule has 1 saturated heterocycles. The van der Waals surface area contributed by atoms with Crippen LogP contribution in [0.3, 0.4) is 0 Å². The number of epoxide rings is 1. The molecule has 0 aromatic carbocycles. The summed E-state index contributed by atoms with van der Waals surface area (Å²) in [4.78, 5) is 0. The summed E-state index contributed by atoms with van der Waals surface area (Å²) in [5.41, 5.74) is 0. The van der Waals surface area contributed by atoms with E-state index in [2.05, 4.69) is 4.74 Å². The Bertz CT molecular complexity index is 138. The molecule has 0 spiro atoms. The fraction of sp³-hybridized carbons (Fsp3) is 1.00. The Balaban J connectivity index is 1.77. The number of rotatable bonds is 9. The largest absolute Gasteiger partial charge is 0.388 e. The van der Waals surface area contributed by atoms with Gasteiger partial charge in [-0.25, -0.2) is 0 Å². The van der Waals surface area contributed by atoms with Crippen molar-refractivity contribution in [3.05, 3.63) is 0 Å². The first-order valence-electron chi connectivity index (χ1n) is 4.46. The van der Waals surface area contributed by atoms with Crippen molar-refractivity contribution < 1.29 is 29.2 Å². The van der Waals surface area contributed by atoms with E-state index in [1.54, 1.807) is 0 Å². The molecule has 2 N–H and O–H groups in total. The van der Waals surface area contributed by atoms with Crippen LogP contribution in [-0.2, 0) is 18.9 Å². The Morgan fingerprint density at radius 1 is 1.29 bits per heavy atom. The highest BCUT2D eigenvalue weighted by Crippen LogP contribution is 2.08. The number of aliphatic hydroxyl groups excluding tert-OH is 2. The van der Waals surface area contributed by atoms with Crippen LogP contribution in [0.5, 0.6) is 0 Å². The summed E-state index contributed by atoms with van der Waals surface area (Å²) in [5, 5.41) is 17.4.